The van der Waals surface area contributed by atoms with E-state index in [4.69, 9.17) is 15.6 Å². The average Bonchev–Trinajstić information content (AvgIpc) is 2.47. The van der Waals surface area contributed by atoms with Gasteiger partial charge in [-0.1, -0.05) is 0 Å². The van der Waals surface area contributed by atoms with Crippen LogP contribution in [0.15, 0.2) is 18.2 Å². The Bertz CT molecular complexity index is 554. The smallest absolute Gasteiger partial charge is 0.292 e. The van der Waals surface area contributed by atoms with Crippen LogP contribution in [0.3, 0.4) is 0 Å². The van der Waals surface area contributed by atoms with Gasteiger partial charge in [-0.25, -0.2) is 0 Å². The summed E-state index contributed by atoms with van der Waals surface area (Å²) in [5, 5.41) is 51.7. The molecule has 0 spiro atoms. The van der Waals surface area contributed by atoms with E-state index in [0.29, 0.717) is 5.69 Å². The largest absolute Gasteiger partial charge is 0.394 e. The van der Waals surface area contributed by atoms with Crippen molar-refractivity contribution in [3.05, 3.63) is 28.3 Å². The van der Waals surface area contributed by atoms with E-state index in [2.05, 4.69) is 5.32 Å². The number of nitrogen functional groups attached to an aromatic ring is 1. The average molecular weight is 315 g/mol. The molecule has 0 aliphatic carbocycles. The van der Waals surface area contributed by atoms with E-state index in [-0.39, 0.29) is 11.4 Å². The van der Waals surface area contributed by atoms with Crippen molar-refractivity contribution in [3.63, 3.8) is 0 Å². The minimum atomic E-state index is -1.52. The van der Waals surface area contributed by atoms with E-state index < -0.39 is 42.2 Å². The highest BCUT2D eigenvalue weighted by molar-refractivity contribution is 5.66. The molecule has 1 saturated heterocycles. The number of ether oxygens (including phenoxy) is 1. The first-order valence-electron chi connectivity index (χ1n) is 6.46. The first-order chi connectivity index (χ1) is 10.3. The Hall–Kier alpha value is -1.98. The Balaban J connectivity index is 2.15. The summed E-state index contributed by atoms with van der Waals surface area (Å²) in [5.74, 6) is 0. The van der Waals surface area contributed by atoms with Crippen LogP contribution in [0, 0.1) is 10.1 Å². The molecule has 22 heavy (non-hydrogen) atoms. The van der Waals surface area contributed by atoms with Crippen molar-refractivity contribution in [1.29, 1.82) is 0 Å². The molecule has 5 unspecified atom stereocenters. The van der Waals surface area contributed by atoms with Gasteiger partial charge in [0.2, 0.25) is 0 Å². The van der Waals surface area contributed by atoms with Gasteiger partial charge in [0.15, 0.2) is 6.23 Å². The number of hydrogen-bond acceptors (Lipinski definition) is 9. The fourth-order valence-corrected chi connectivity index (χ4v) is 2.20. The molecule has 0 radical (unpaired) electrons. The van der Waals surface area contributed by atoms with Crippen LogP contribution in [-0.2, 0) is 4.74 Å². The van der Waals surface area contributed by atoms with Crippen molar-refractivity contribution >= 4 is 17.1 Å². The summed E-state index contributed by atoms with van der Waals surface area (Å²) in [6, 6.07) is 3.82. The second kappa shape index (κ2) is 6.42. The summed E-state index contributed by atoms with van der Waals surface area (Å²) in [7, 11) is 0. The third kappa shape index (κ3) is 3.10. The zero-order chi connectivity index (χ0) is 16.4. The van der Waals surface area contributed by atoms with Crippen LogP contribution in [0.25, 0.3) is 0 Å². The molecule has 10 heteroatoms. The van der Waals surface area contributed by atoms with Crippen LogP contribution in [0.5, 0.6) is 0 Å². The number of nitrogens with one attached hydrogen (secondary N) is 1. The number of nitrogens with zero attached hydrogens (tertiary/aromatic N) is 1. The van der Waals surface area contributed by atoms with Crippen LogP contribution < -0.4 is 11.1 Å². The number of aliphatic hydroxyl groups excluding tert-OH is 4. The highest BCUT2D eigenvalue weighted by Gasteiger charge is 2.43. The number of nitrogens with two attached hydrogens (primary N) is 1. The molecule has 122 valence electrons. The maximum absolute atomic E-state index is 10.7. The molecule has 10 nitrogen and oxygen atoms in total. The molecule has 2 rings (SSSR count). The van der Waals surface area contributed by atoms with Crippen LogP contribution in [0.1, 0.15) is 0 Å². The summed E-state index contributed by atoms with van der Waals surface area (Å²) in [5.41, 5.74) is 5.51. The molecule has 0 saturated carbocycles. The number of nitro benzene ring substituents is 1. The SMILES string of the molecule is Nc1cc(NC2OC(CO)C(O)C(O)C2O)ccc1[N+](=O)[O-]. The minimum Gasteiger partial charge on any atom is -0.394 e. The van der Waals surface area contributed by atoms with Crippen molar-refractivity contribution in [2.24, 2.45) is 0 Å². The molecule has 1 aliphatic rings. The molecular weight excluding hydrogens is 298 g/mol. The van der Waals surface area contributed by atoms with Gasteiger partial charge >= 0.3 is 0 Å². The maximum Gasteiger partial charge on any atom is 0.292 e. The number of aliphatic hydroxyl groups is 4. The number of nitro groups is 1. The number of benzene rings is 1. The van der Waals surface area contributed by atoms with Crippen LogP contribution >= 0.6 is 0 Å². The minimum absolute atomic E-state index is 0.0837. The van der Waals surface area contributed by atoms with E-state index in [1.165, 1.54) is 18.2 Å². The third-order valence-electron chi connectivity index (χ3n) is 3.43. The summed E-state index contributed by atoms with van der Waals surface area (Å²) in [6.45, 7) is -0.550. The van der Waals surface area contributed by atoms with E-state index in [1.54, 1.807) is 0 Å². The Labute approximate surface area is 124 Å². The molecular formula is C12H17N3O7. The molecule has 1 aliphatic heterocycles. The quantitative estimate of drug-likeness (QED) is 0.217. The molecule has 0 aromatic heterocycles. The van der Waals surface area contributed by atoms with Crippen molar-refractivity contribution in [1.82, 2.24) is 0 Å². The fourth-order valence-electron chi connectivity index (χ4n) is 2.20. The highest BCUT2D eigenvalue weighted by atomic mass is 16.6. The zero-order valence-corrected chi connectivity index (χ0v) is 11.4. The lowest BCUT2D eigenvalue weighted by atomic mass is 9.98. The summed E-state index contributed by atoms with van der Waals surface area (Å²) >= 11 is 0. The van der Waals surface area contributed by atoms with Crippen LogP contribution in [-0.4, -0.2) is 62.6 Å². The molecule has 1 aromatic carbocycles. The van der Waals surface area contributed by atoms with E-state index in [9.17, 15) is 25.4 Å². The first-order valence-corrected chi connectivity index (χ1v) is 6.46. The van der Waals surface area contributed by atoms with Crippen molar-refractivity contribution in [2.45, 2.75) is 30.6 Å². The summed E-state index contributed by atoms with van der Waals surface area (Å²) in [4.78, 5) is 10.1. The lowest BCUT2D eigenvalue weighted by Gasteiger charge is -2.40. The monoisotopic (exact) mass is 315 g/mol. The lowest BCUT2D eigenvalue weighted by molar-refractivity contribution is -0.383. The highest BCUT2D eigenvalue weighted by Crippen LogP contribution is 2.27. The van der Waals surface area contributed by atoms with Gasteiger partial charge in [-0.3, -0.25) is 10.1 Å². The molecule has 1 fully saturated rings. The molecule has 0 bridgehead atoms. The lowest BCUT2D eigenvalue weighted by Crippen LogP contribution is -2.60. The normalized spacial score (nSPS) is 31.7. The first kappa shape index (κ1) is 16.4. The summed E-state index contributed by atoms with van der Waals surface area (Å²) in [6.07, 6.45) is -6.62. The predicted molar refractivity (Wildman–Crippen MR) is 74.9 cm³/mol. The Kier molecular flexibility index (Phi) is 4.78. The van der Waals surface area contributed by atoms with E-state index in [0.717, 1.165) is 0 Å². The molecule has 5 atom stereocenters. The fraction of sp³-hybridized carbons (Fsp3) is 0.500. The third-order valence-corrected chi connectivity index (χ3v) is 3.43. The second-order valence-corrected chi connectivity index (χ2v) is 4.92. The zero-order valence-electron chi connectivity index (χ0n) is 11.4. The number of rotatable bonds is 4. The van der Waals surface area contributed by atoms with Crippen molar-refractivity contribution in [2.75, 3.05) is 17.7 Å². The van der Waals surface area contributed by atoms with Crippen molar-refractivity contribution < 1.29 is 30.1 Å². The molecule has 1 aromatic rings. The van der Waals surface area contributed by atoms with Gasteiger partial charge in [-0.15, -0.1) is 0 Å². The van der Waals surface area contributed by atoms with Gasteiger partial charge < -0.3 is 36.2 Å². The Morgan fingerprint density at radius 1 is 1.27 bits per heavy atom. The Morgan fingerprint density at radius 2 is 1.95 bits per heavy atom. The van der Waals surface area contributed by atoms with E-state index >= 15 is 0 Å². The van der Waals surface area contributed by atoms with Crippen LogP contribution in [0.4, 0.5) is 17.1 Å². The van der Waals surface area contributed by atoms with Gasteiger partial charge in [-0.2, -0.15) is 0 Å². The number of anilines is 2. The standard InChI is InChI=1S/C12H17N3O7/c13-6-3-5(1-2-7(6)15(20)21)14-12-11(19)10(18)9(17)8(4-16)22-12/h1-3,8-12,14,16-19H,4,13H2. The van der Waals surface area contributed by atoms with Gasteiger partial charge in [0.25, 0.3) is 5.69 Å². The van der Waals surface area contributed by atoms with Gasteiger partial charge in [0.1, 0.15) is 30.1 Å². The number of hydrogen-bond donors (Lipinski definition) is 6. The molecule has 7 N–H and O–H groups in total. The Morgan fingerprint density at radius 3 is 2.50 bits per heavy atom. The van der Waals surface area contributed by atoms with Gasteiger partial charge in [0, 0.05) is 11.8 Å². The van der Waals surface area contributed by atoms with Crippen molar-refractivity contribution in [3.8, 4) is 0 Å². The van der Waals surface area contributed by atoms with Crippen LogP contribution in [0.2, 0.25) is 0 Å². The topological polar surface area (TPSA) is 171 Å². The predicted octanol–water partition coefficient (Wildman–Crippen LogP) is -1.61. The maximum atomic E-state index is 10.7. The second-order valence-electron chi connectivity index (χ2n) is 4.92. The molecule has 1 heterocycles. The van der Waals surface area contributed by atoms with E-state index in [1.807, 2.05) is 0 Å². The summed E-state index contributed by atoms with van der Waals surface area (Å²) < 4.78 is 5.26. The van der Waals surface area contributed by atoms with Gasteiger partial charge in [-0.05, 0) is 12.1 Å². The molecule has 0 amide bonds. The van der Waals surface area contributed by atoms with Gasteiger partial charge in [0.05, 0.1) is 11.5 Å².